The molecule has 3 aromatic carbocycles. The van der Waals surface area contributed by atoms with Crippen LogP contribution in [0.5, 0.6) is 0 Å². The molecule has 0 saturated carbocycles. The monoisotopic (exact) mass is 786 g/mol. The molecule has 3 aliphatic rings. The highest BCUT2D eigenvalue weighted by Gasteiger charge is 2.40. The van der Waals surface area contributed by atoms with Gasteiger partial charge in [0.15, 0.2) is 0 Å². The van der Waals surface area contributed by atoms with E-state index in [1.54, 1.807) is 58.3 Å². The number of carbonyl (C=O) groups is 7. The van der Waals surface area contributed by atoms with Crippen LogP contribution >= 0.6 is 0 Å². The highest BCUT2D eigenvalue weighted by atomic mass is 16.6. The van der Waals surface area contributed by atoms with Gasteiger partial charge in [-0.2, -0.15) is 0 Å². The van der Waals surface area contributed by atoms with Gasteiger partial charge < -0.3 is 24.0 Å². The number of hydrogen-bond donors (Lipinski definition) is 0. The Hall–Kier alpha value is -7.47. The first-order valence-corrected chi connectivity index (χ1v) is 18.2. The zero-order valence-corrected chi connectivity index (χ0v) is 30.7. The molecule has 0 radical (unpaired) electrons. The minimum atomic E-state index is -1.21. The standard InChI is InChI=1S/C40H34N8O10/c49-34-23-56-18-17-46(34)27-11-9-26(10-12-27)45(19-28(57-39(54)43-15-13-41-24-43)21-47-35(50)30-5-1-2-6-31(30)36(47)51)20-29(58-40(55)44-16-14-42-25-44)22-48-37(52)32-7-3-4-8-33(32)38(48)53/h1-16,24-25,28-29H,17-23H2/t28-,29?/m1/s1. The van der Waals surface area contributed by atoms with E-state index in [0.717, 1.165) is 18.9 Å². The normalized spacial score (nSPS) is 16.0. The second-order valence-corrected chi connectivity index (χ2v) is 13.5. The average Bonchev–Trinajstić information content (AvgIpc) is 4.06. The van der Waals surface area contributed by atoms with Gasteiger partial charge in [0.05, 0.1) is 55.0 Å². The molecule has 58 heavy (non-hydrogen) atoms. The number of carbonyl (C=O) groups excluding carboxylic acids is 7. The maximum atomic E-state index is 13.5. The van der Waals surface area contributed by atoms with E-state index < -0.39 is 48.0 Å². The number of benzene rings is 3. The van der Waals surface area contributed by atoms with Gasteiger partial charge in [-0.25, -0.2) is 28.7 Å². The number of imidazole rings is 2. The third-order valence-corrected chi connectivity index (χ3v) is 9.85. The number of ether oxygens (including phenoxy) is 3. The average molecular weight is 787 g/mol. The third kappa shape index (κ3) is 7.42. The Morgan fingerprint density at radius 2 is 1.10 bits per heavy atom. The summed E-state index contributed by atoms with van der Waals surface area (Å²) < 4.78 is 19.4. The Morgan fingerprint density at radius 3 is 1.50 bits per heavy atom. The highest BCUT2D eigenvalue weighted by molar-refractivity contribution is 6.22. The van der Waals surface area contributed by atoms with Crippen molar-refractivity contribution in [2.75, 3.05) is 55.7 Å². The lowest BCUT2D eigenvalue weighted by atomic mass is 10.1. The molecule has 5 aromatic rings. The van der Waals surface area contributed by atoms with Crippen LogP contribution in [0.1, 0.15) is 41.4 Å². The number of nitrogens with zero attached hydrogens (tertiary/aromatic N) is 8. The highest BCUT2D eigenvalue weighted by Crippen LogP contribution is 2.28. The van der Waals surface area contributed by atoms with Crippen molar-refractivity contribution < 1.29 is 47.8 Å². The topological polar surface area (TPSA) is 196 Å². The first-order valence-electron chi connectivity index (χ1n) is 18.2. The largest absolute Gasteiger partial charge is 0.442 e. The van der Waals surface area contributed by atoms with Gasteiger partial charge in [-0.05, 0) is 48.5 Å². The summed E-state index contributed by atoms with van der Waals surface area (Å²) >= 11 is 0. The van der Waals surface area contributed by atoms with Crippen molar-refractivity contribution in [2.45, 2.75) is 12.2 Å². The van der Waals surface area contributed by atoms with Crippen LogP contribution in [0.25, 0.3) is 0 Å². The van der Waals surface area contributed by atoms with Crippen molar-refractivity contribution in [3.8, 4) is 0 Å². The molecule has 3 aliphatic heterocycles. The Bertz CT molecular complexity index is 2200. The Labute approximate surface area is 329 Å². The third-order valence-electron chi connectivity index (χ3n) is 9.85. The number of imide groups is 2. The fourth-order valence-electron chi connectivity index (χ4n) is 7.03. The molecule has 0 bridgehead atoms. The first-order chi connectivity index (χ1) is 28.2. The van der Waals surface area contributed by atoms with Crippen LogP contribution in [0.2, 0.25) is 0 Å². The zero-order chi connectivity index (χ0) is 40.3. The second-order valence-electron chi connectivity index (χ2n) is 13.5. The SMILES string of the molecule is O=C1c2ccccc2C(=O)N1CC(CN(C[C@H](CN1C(=O)c2ccccc2C1=O)OC(=O)n1ccnc1)c1ccc(N2CCOCC2=O)cc1)OC(=O)n1ccnc1. The van der Waals surface area contributed by atoms with Crippen LogP contribution in [0.4, 0.5) is 21.0 Å². The summed E-state index contributed by atoms with van der Waals surface area (Å²) in [6.07, 6.45) is 3.86. The number of rotatable bonds is 12. The van der Waals surface area contributed by atoms with E-state index in [4.69, 9.17) is 14.2 Å². The predicted molar refractivity (Wildman–Crippen MR) is 201 cm³/mol. The van der Waals surface area contributed by atoms with Gasteiger partial charge in [0, 0.05) is 42.7 Å². The Kier molecular flexibility index (Phi) is 10.3. The van der Waals surface area contributed by atoms with Gasteiger partial charge in [-0.3, -0.25) is 33.8 Å². The molecule has 18 heteroatoms. The van der Waals surface area contributed by atoms with Crippen molar-refractivity contribution in [2.24, 2.45) is 0 Å². The Morgan fingerprint density at radius 1 is 0.655 bits per heavy atom. The van der Waals surface area contributed by atoms with Crippen LogP contribution in [0.15, 0.2) is 110 Å². The van der Waals surface area contributed by atoms with E-state index in [1.807, 2.05) is 0 Å². The molecule has 2 atom stereocenters. The van der Waals surface area contributed by atoms with Gasteiger partial charge in [0.2, 0.25) is 0 Å². The van der Waals surface area contributed by atoms with Crippen LogP contribution in [0, 0.1) is 0 Å². The van der Waals surface area contributed by atoms with E-state index in [1.165, 1.54) is 61.7 Å². The lowest BCUT2D eigenvalue weighted by Gasteiger charge is -2.34. The molecule has 1 saturated heterocycles. The molecule has 294 valence electrons. The number of morpholine rings is 1. The smallest absolute Gasteiger partial charge is 0.419 e. The quantitative estimate of drug-likeness (QED) is 0.168. The van der Waals surface area contributed by atoms with Crippen LogP contribution < -0.4 is 9.80 Å². The summed E-state index contributed by atoms with van der Waals surface area (Å²) in [6, 6.07) is 19.5. The van der Waals surface area contributed by atoms with Crippen molar-refractivity contribution in [1.82, 2.24) is 28.9 Å². The molecular formula is C40H34N8O10. The summed E-state index contributed by atoms with van der Waals surface area (Å²) in [4.78, 5) is 107. The maximum Gasteiger partial charge on any atom is 0.419 e. The lowest BCUT2D eigenvalue weighted by molar-refractivity contribution is -0.125. The minimum Gasteiger partial charge on any atom is -0.442 e. The summed E-state index contributed by atoms with van der Waals surface area (Å²) in [7, 11) is 0. The number of hydrogen-bond acceptors (Lipinski definition) is 13. The van der Waals surface area contributed by atoms with E-state index in [-0.39, 0.29) is 60.9 Å². The summed E-state index contributed by atoms with van der Waals surface area (Å²) in [6.45, 7) is -0.541. The summed E-state index contributed by atoms with van der Waals surface area (Å²) in [5.74, 6) is -2.53. The number of fused-ring (bicyclic) bond motifs is 2. The lowest BCUT2D eigenvalue weighted by Crippen LogP contribution is -2.49. The summed E-state index contributed by atoms with van der Waals surface area (Å²) in [5, 5.41) is 0. The van der Waals surface area contributed by atoms with Crippen molar-refractivity contribution in [1.29, 1.82) is 0 Å². The fraction of sp³-hybridized carbons (Fsp3) is 0.225. The molecule has 0 spiro atoms. The van der Waals surface area contributed by atoms with Crippen LogP contribution in [-0.4, -0.2) is 129 Å². The van der Waals surface area contributed by atoms with E-state index in [2.05, 4.69) is 9.97 Å². The molecule has 0 N–H and O–H groups in total. The molecule has 1 fully saturated rings. The van der Waals surface area contributed by atoms with Gasteiger partial charge in [0.1, 0.15) is 31.5 Å². The number of aromatic nitrogens is 4. The predicted octanol–water partition coefficient (Wildman–Crippen LogP) is 2.95. The van der Waals surface area contributed by atoms with E-state index in [0.29, 0.717) is 24.5 Å². The minimum absolute atomic E-state index is 0.0720. The zero-order valence-electron chi connectivity index (χ0n) is 30.7. The van der Waals surface area contributed by atoms with Crippen LogP contribution in [0.3, 0.4) is 0 Å². The van der Waals surface area contributed by atoms with Gasteiger partial charge >= 0.3 is 12.2 Å². The molecule has 5 amide bonds. The number of amides is 5. The van der Waals surface area contributed by atoms with Crippen molar-refractivity contribution in [3.05, 3.63) is 132 Å². The molecular weight excluding hydrogens is 752 g/mol. The molecule has 0 aliphatic carbocycles. The Balaban J connectivity index is 1.14. The van der Waals surface area contributed by atoms with Gasteiger partial charge in [-0.15, -0.1) is 0 Å². The molecule has 18 nitrogen and oxygen atoms in total. The van der Waals surface area contributed by atoms with Gasteiger partial charge in [-0.1, -0.05) is 24.3 Å². The fourth-order valence-corrected chi connectivity index (χ4v) is 7.03. The molecule has 5 heterocycles. The molecule has 1 unspecified atom stereocenters. The van der Waals surface area contributed by atoms with Crippen molar-refractivity contribution in [3.63, 3.8) is 0 Å². The summed E-state index contributed by atoms with van der Waals surface area (Å²) in [5.41, 5.74) is 1.85. The number of anilines is 2. The van der Waals surface area contributed by atoms with Crippen molar-refractivity contribution >= 4 is 53.1 Å². The first kappa shape index (κ1) is 37.5. The van der Waals surface area contributed by atoms with Crippen LogP contribution in [-0.2, 0) is 19.0 Å². The molecule has 2 aromatic heterocycles. The van der Waals surface area contributed by atoms with E-state index in [9.17, 15) is 33.6 Å². The second kappa shape index (κ2) is 15.9. The van der Waals surface area contributed by atoms with E-state index >= 15 is 0 Å². The van der Waals surface area contributed by atoms with Gasteiger partial charge in [0.25, 0.3) is 29.5 Å². The maximum absolute atomic E-state index is 13.5. The molecule has 8 rings (SSSR count).